The summed E-state index contributed by atoms with van der Waals surface area (Å²) in [6.45, 7) is 0.216. The molecule has 0 atom stereocenters. The number of methoxy groups -OCH3 is 1. The van der Waals surface area contributed by atoms with E-state index in [9.17, 15) is 4.79 Å². The highest BCUT2D eigenvalue weighted by atomic mass is 16.5. The van der Waals surface area contributed by atoms with E-state index in [-0.39, 0.29) is 19.1 Å². The Morgan fingerprint density at radius 1 is 1.44 bits per heavy atom. The van der Waals surface area contributed by atoms with Gasteiger partial charge in [-0.3, -0.25) is 4.79 Å². The number of aliphatic hydroxyl groups excluding tert-OH is 1. The molecule has 1 rings (SSSR count). The van der Waals surface area contributed by atoms with Gasteiger partial charge in [-0.05, 0) is 23.8 Å². The summed E-state index contributed by atoms with van der Waals surface area (Å²) in [6.07, 6.45) is 3.13. The fourth-order valence-corrected chi connectivity index (χ4v) is 1.12. The predicted molar refractivity (Wildman–Crippen MR) is 62.1 cm³/mol. The summed E-state index contributed by atoms with van der Waals surface area (Å²) < 4.78 is 5.02. The molecule has 86 valence electrons. The number of hydrogen-bond donors (Lipinski definition) is 2. The molecule has 16 heavy (non-hydrogen) atoms. The van der Waals surface area contributed by atoms with Crippen molar-refractivity contribution in [1.82, 2.24) is 5.32 Å². The molecule has 4 heteroatoms. The zero-order valence-corrected chi connectivity index (χ0v) is 9.14. The molecule has 0 heterocycles. The first kappa shape index (κ1) is 12.3. The lowest BCUT2D eigenvalue weighted by atomic mass is 10.2. The van der Waals surface area contributed by atoms with Crippen LogP contribution in [0.2, 0.25) is 0 Å². The van der Waals surface area contributed by atoms with Crippen molar-refractivity contribution in [2.24, 2.45) is 0 Å². The first-order valence-electron chi connectivity index (χ1n) is 4.97. The zero-order valence-electron chi connectivity index (χ0n) is 9.14. The summed E-state index contributed by atoms with van der Waals surface area (Å²) >= 11 is 0. The molecule has 0 spiro atoms. The standard InChI is InChI=1S/C12H15NO3/c1-16-11-5-2-10(3-6-11)4-7-12(15)13-8-9-14/h2-7,14H,8-9H2,1H3,(H,13,15)/b7-4-. The molecule has 1 aromatic rings. The summed E-state index contributed by atoms with van der Waals surface area (Å²) in [5.74, 6) is 0.562. The number of ether oxygens (including phenoxy) is 1. The van der Waals surface area contributed by atoms with Crippen LogP contribution in [0.4, 0.5) is 0 Å². The molecule has 0 saturated heterocycles. The Bertz CT molecular complexity index is 357. The van der Waals surface area contributed by atoms with Gasteiger partial charge in [0.25, 0.3) is 0 Å². The van der Waals surface area contributed by atoms with Crippen LogP contribution in [0.15, 0.2) is 30.3 Å². The smallest absolute Gasteiger partial charge is 0.244 e. The summed E-state index contributed by atoms with van der Waals surface area (Å²) in [6, 6.07) is 7.36. The second-order valence-electron chi connectivity index (χ2n) is 3.12. The van der Waals surface area contributed by atoms with Crippen LogP contribution >= 0.6 is 0 Å². The molecule has 0 bridgehead atoms. The quantitative estimate of drug-likeness (QED) is 0.724. The number of amides is 1. The van der Waals surface area contributed by atoms with E-state index in [0.29, 0.717) is 0 Å². The minimum absolute atomic E-state index is 0.0535. The van der Waals surface area contributed by atoms with E-state index < -0.39 is 0 Å². The Kier molecular flexibility index (Phi) is 5.08. The van der Waals surface area contributed by atoms with Gasteiger partial charge in [0, 0.05) is 12.6 Å². The number of rotatable bonds is 5. The summed E-state index contributed by atoms with van der Waals surface area (Å²) in [5, 5.41) is 11.0. The van der Waals surface area contributed by atoms with Gasteiger partial charge >= 0.3 is 0 Å². The molecule has 0 aliphatic rings. The Hall–Kier alpha value is -1.81. The van der Waals surface area contributed by atoms with Crippen LogP contribution < -0.4 is 10.1 Å². The van der Waals surface area contributed by atoms with Crippen LogP contribution in [0.1, 0.15) is 5.56 Å². The first-order valence-corrected chi connectivity index (χ1v) is 4.97. The zero-order chi connectivity index (χ0) is 11.8. The lowest BCUT2D eigenvalue weighted by molar-refractivity contribution is -0.116. The van der Waals surface area contributed by atoms with Crippen molar-refractivity contribution in [3.63, 3.8) is 0 Å². The van der Waals surface area contributed by atoms with Crippen molar-refractivity contribution in [2.45, 2.75) is 0 Å². The minimum Gasteiger partial charge on any atom is -0.497 e. The molecule has 0 radical (unpaired) electrons. The monoisotopic (exact) mass is 221 g/mol. The van der Waals surface area contributed by atoms with E-state index in [1.54, 1.807) is 13.2 Å². The van der Waals surface area contributed by atoms with Gasteiger partial charge in [0.05, 0.1) is 13.7 Å². The van der Waals surface area contributed by atoms with Crippen molar-refractivity contribution in [1.29, 1.82) is 0 Å². The maximum absolute atomic E-state index is 11.2. The molecular formula is C12H15NO3. The largest absolute Gasteiger partial charge is 0.497 e. The number of aliphatic hydroxyl groups is 1. The molecule has 2 N–H and O–H groups in total. The molecule has 0 unspecified atom stereocenters. The van der Waals surface area contributed by atoms with Gasteiger partial charge in [0.1, 0.15) is 5.75 Å². The Labute approximate surface area is 94.6 Å². The number of benzene rings is 1. The highest BCUT2D eigenvalue weighted by Crippen LogP contribution is 2.11. The van der Waals surface area contributed by atoms with Gasteiger partial charge in [-0.1, -0.05) is 12.1 Å². The second kappa shape index (κ2) is 6.63. The normalized spacial score (nSPS) is 10.4. The number of carbonyl (C=O) groups is 1. The summed E-state index contributed by atoms with van der Waals surface area (Å²) in [7, 11) is 1.60. The van der Waals surface area contributed by atoms with Gasteiger partial charge in [-0.15, -0.1) is 0 Å². The predicted octanol–water partition coefficient (Wildman–Crippen LogP) is 0.817. The Morgan fingerprint density at radius 2 is 2.12 bits per heavy atom. The Morgan fingerprint density at radius 3 is 2.69 bits per heavy atom. The van der Waals surface area contributed by atoms with Crippen LogP contribution in [0.25, 0.3) is 6.08 Å². The highest BCUT2D eigenvalue weighted by molar-refractivity contribution is 5.91. The second-order valence-corrected chi connectivity index (χ2v) is 3.12. The van der Waals surface area contributed by atoms with Gasteiger partial charge in [0.15, 0.2) is 0 Å². The summed E-state index contributed by atoms with van der Waals surface area (Å²) in [4.78, 5) is 11.2. The fourth-order valence-electron chi connectivity index (χ4n) is 1.12. The highest BCUT2D eigenvalue weighted by Gasteiger charge is 1.94. The molecule has 0 aromatic heterocycles. The first-order chi connectivity index (χ1) is 7.76. The van der Waals surface area contributed by atoms with Crippen molar-refractivity contribution in [3.8, 4) is 5.75 Å². The van der Waals surface area contributed by atoms with E-state index in [2.05, 4.69) is 5.32 Å². The van der Waals surface area contributed by atoms with Gasteiger partial charge in [-0.25, -0.2) is 0 Å². The van der Waals surface area contributed by atoms with Crippen LogP contribution in [0.3, 0.4) is 0 Å². The average Bonchev–Trinajstić information content (AvgIpc) is 2.34. The van der Waals surface area contributed by atoms with E-state index in [1.165, 1.54) is 6.08 Å². The minimum atomic E-state index is -0.218. The average molecular weight is 221 g/mol. The van der Waals surface area contributed by atoms with Gasteiger partial charge < -0.3 is 15.2 Å². The topological polar surface area (TPSA) is 58.6 Å². The van der Waals surface area contributed by atoms with Crippen LogP contribution in [0.5, 0.6) is 5.75 Å². The SMILES string of the molecule is COc1ccc(/C=C\C(=O)NCCO)cc1. The van der Waals surface area contributed by atoms with E-state index in [4.69, 9.17) is 9.84 Å². The molecule has 0 saturated carbocycles. The van der Waals surface area contributed by atoms with Crippen molar-refractivity contribution in [3.05, 3.63) is 35.9 Å². The molecule has 4 nitrogen and oxygen atoms in total. The molecular weight excluding hydrogens is 206 g/mol. The Balaban J connectivity index is 2.52. The number of nitrogens with one attached hydrogen (secondary N) is 1. The third-order valence-corrected chi connectivity index (χ3v) is 1.95. The molecule has 0 fully saturated rings. The van der Waals surface area contributed by atoms with Gasteiger partial charge in [0.2, 0.25) is 5.91 Å². The molecule has 0 aliphatic carbocycles. The van der Waals surface area contributed by atoms with E-state index in [0.717, 1.165) is 11.3 Å². The van der Waals surface area contributed by atoms with Crippen molar-refractivity contribution in [2.75, 3.05) is 20.3 Å². The van der Waals surface area contributed by atoms with Crippen molar-refractivity contribution >= 4 is 12.0 Å². The van der Waals surface area contributed by atoms with Crippen LogP contribution in [-0.4, -0.2) is 31.3 Å². The third kappa shape index (κ3) is 4.14. The summed E-state index contributed by atoms with van der Waals surface area (Å²) in [5.41, 5.74) is 0.917. The van der Waals surface area contributed by atoms with Gasteiger partial charge in [-0.2, -0.15) is 0 Å². The number of carbonyl (C=O) groups excluding carboxylic acids is 1. The van der Waals surface area contributed by atoms with E-state index >= 15 is 0 Å². The molecule has 1 aromatic carbocycles. The van der Waals surface area contributed by atoms with E-state index in [1.807, 2.05) is 24.3 Å². The molecule has 0 aliphatic heterocycles. The fraction of sp³-hybridized carbons (Fsp3) is 0.250. The van der Waals surface area contributed by atoms with Crippen LogP contribution in [0, 0.1) is 0 Å². The third-order valence-electron chi connectivity index (χ3n) is 1.95. The molecule has 1 amide bonds. The van der Waals surface area contributed by atoms with Crippen LogP contribution in [-0.2, 0) is 4.79 Å². The number of hydrogen-bond acceptors (Lipinski definition) is 3. The maximum atomic E-state index is 11.2. The van der Waals surface area contributed by atoms with Crippen molar-refractivity contribution < 1.29 is 14.6 Å². The lowest BCUT2D eigenvalue weighted by Crippen LogP contribution is -2.24. The lowest BCUT2D eigenvalue weighted by Gasteiger charge is -1.99. The maximum Gasteiger partial charge on any atom is 0.244 e.